The smallest absolute Gasteiger partial charge is 0.0850 e. The van der Waals surface area contributed by atoms with Crippen LogP contribution in [0, 0.1) is 0 Å². The normalized spacial score (nSPS) is 12.8. The minimum absolute atomic E-state index is 0.247. The fraction of sp³-hybridized carbons (Fsp3) is 0.571. The fourth-order valence-corrected chi connectivity index (χ4v) is 3.37. The standard InChI is InChI=1S/C14H21ClN4S/c1-4-10-14(15)12(19(6-3)18-10)7-11(17-5-2)13-8-16-9-20-13/h8-9,11,17H,4-7H2,1-3H3. The Bertz CT molecular complexity index is 536. The molecule has 1 N–H and O–H groups in total. The molecular formula is C14H21ClN4S. The van der Waals surface area contributed by atoms with Gasteiger partial charge in [0.15, 0.2) is 0 Å². The Morgan fingerprint density at radius 3 is 2.75 bits per heavy atom. The minimum atomic E-state index is 0.247. The Kier molecular flexibility index (Phi) is 5.57. The summed E-state index contributed by atoms with van der Waals surface area (Å²) in [6, 6.07) is 0.247. The van der Waals surface area contributed by atoms with Crippen LogP contribution in [0.5, 0.6) is 0 Å². The molecule has 1 unspecified atom stereocenters. The number of halogens is 1. The van der Waals surface area contributed by atoms with E-state index in [1.807, 2.05) is 16.4 Å². The predicted molar refractivity (Wildman–Crippen MR) is 84.5 cm³/mol. The van der Waals surface area contributed by atoms with Gasteiger partial charge in [0.05, 0.1) is 21.9 Å². The molecular weight excluding hydrogens is 292 g/mol. The van der Waals surface area contributed by atoms with E-state index < -0.39 is 0 Å². The predicted octanol–water partition coefficient (Wildman–Crippen LogP) is 3.47. The number of hydrogen-bond donors (Lipinski definition) is 1. The highest BCUT2D eigenvalue weighted by molar-refractivity contribution is 7.09. The van der Waals surface area contributed by atoms with E-state index >= 15 is 0 Å². The first-order valence-corrected chi connectivity index (χ1v) is 8.32. The first-order chi connectivity index (χ1) is 9.71. The molecule has 1 atom stereocenters. The number of nitrogens with one attached hydrogen (secondary N) is 1. The number of nitrogens with zero attached hydrogens (tertiary/aromatic N) is 3. The number of likely N-dealkylation sites (N-methyl/N-ethyl adjacent to an activating group) is 1. The van der Waals surface area contributed by atoms with E-state index in [1.165, 1.54) is 4.88 Å². The van der Waals surface area contributed by atoms with Crippen LogP contribution >= 0.6 is 22.9 Å². The zero-order chi connectivity index (χ0) is 14.5. The quantitative estimate of drug-likeness (QED) is 0.851. The van der Waals surface area contributed by atoms with Crippen LogP contribution in [0.15, 0.2) is 11.7 Å². The second kappa shape index (κ2) is 7.20. The SMILES string of the molecule is CCNC(Cc1c(Cl)c(CC)nn1CC)c1cncs1. The average molecular weight is 313 g/mol. The van der Waals surface area contributed by atoms with Crippen LogP contribution in [0.25, 0.3) is 0 Å². The first kappa shape index (κ1) is 15.5. The van der Waals surface area contributed by atoms with E-state index in [4.69, 9.17) is 11.6 Å². The summed E-state index contributed by atoms with van der Waals surface area (Å²) in [4.78, 5) is 5.42. The number of rotatable bonds is 7. The third kappa shape index (κ3) is 3.22. The molecule has 0 aliphatic heterocycles. The van der Waals surface area contributed by atoms with Crippen molar-refractivity contribution in [1.29, 1.82) is 0 Å². The molecule has 2 rings (SSSR count). The monoisotopic (exact) mass is 312 g/mol. The van der Waals surface area contributed by atoms with Crippen molar-refractivity contribution in [2.45, 2.75) is 46.2 Å². The van der Waals surface area contributed by atoms with Gasteiger partial charge in [0.25, 0.3) is 0 Å². The lowest BCUT2D eigenvalue weighted by Gasteiger charge is -2.17. The summed E-state index contributed by atoms with van der Waals surface area (Å²) in [5, 5.41) is 8.92. The Labute approximate surface area is 129 Å². The molecule has 110 valence electrons. The molecule has 20 heavy (non-hydrogen) atoms. The highest BCUT2D eigenvalue weighted by Crippen LogP contribution is 2.28. The van der Waals surface area contributed by atoms with Crippen molar-refractivity contribution in [3.63, 3.8) is 0 Å². The molecule has 2 aromatic rings. The maximum absolute atomic E-state index is 6.49. The second-order valence-corrected chi connectivity index (χ2v) is 5.89. The number of aromatic nitrogens is 3. The molecule has 0 bridgehead atoms. The molecule has 0 aliphatic rings. The topological polar surface area (TPSA) is 42.7 Å². The zero-order valence-corrected chi connectivity index (χ0v) is 13.8. The van der Waals surface area contributed by atoms with Crippen molar-refractivity contribution < 1.29 is 0 Å². The van der Waals surface area contributed by atoms with Crippen molar-refractivity contribution in [3.8, 4) is 0 Å². The highest BCUT2D eigenvalue weighted by Gasteiger charge is 2.20. The summed E-state index contributed by atoms with van der Waals surface area (Å²) in [7, 11) is 0. The van der Waals surface area contributed by atoms with Gasteiger partial charge < -0.3 is 5.32 Å². The van der Waals surface area contributed by atoms with E-state index in [0.29, 0.717) is 0 Å². The molecule has 4 nitrogen and oxygen atoms in total. The molecule has 0 radical (unpaired) electrons. The van der Waals surface area contributed by atoms with Crippen molar-refractivity contribution in [3.05, 3.63) is 33.0 Å². The lowest BCUT2D eigenvalue weighted by molar-refractivity contribution is 0.521. The van der Waals surface area contributed by atoms with E-state index in [1.54, 1.807) is 11.3 Å². The molecule has 0 aromatic carbocycles. The summed E-state index contributed by atoms with van der Waals surface area (Å²) >= 11 is 8.17. The molecule has 6 heteroatoms. The van der Waals surface area contributed by atoms with Gasteiger partial charge in [-0.2, -0.15) is 5.10 Å². The van der Waals surface area contributed by atoms with Crippen molar-refractivity contribution in [1.82, 2.24) is 20.1 Å². The lowest BCUT2D eigenvalue weighted by Crippen LogP contribution is -2.23. The average Bonchev–Trinajstić information content (AvgIpc) is 3.07. The van der Waals surface area contributed by atoms with Crippen LogP contribution < -0.4 is 5.32 Å². The van der Waals surface area contributed by atoms with Crippen LogP contribution in [-0.2, 0) is 19.4 Å². The van der Waals surface area contributed by atoms with Crippen LogP contribution in [0.3, 0.4) is 0 Å². The number of aryl methyl sites for hydroxylation is 2. The van der Waals surface area contributed by atoms with Gasteiger partial charge in [0.2, 0.25) is 0 Å². The number of hydrogen-bond acceptors (Lipinski definition) is 4. The fourth-order valence-electron chi connectivity index (χ4n) is 2.32. The summed E-state index contributed by atoms with van der Waals surface area (Å²) in [6.07, 6.45) is 3.64. The molecule has 0 aliphatic carbocycles. The maximum atomic E-state index is 6.49. The van der Waals surface area contributed by atoms with Crippen LogP contribution in [-0.4, -0.2) is 21.3 Å². The molecule has 2 aromatic heterocycles. The van der Waals surface area contributed by atoms with Gasteiger partial charge >= 0.3 is 0 Å². The third-order valence-corrected chi connectivity index (χ3v) is 4.66. The van der Waals surface area contributed by atoms with Crippen molar-refractivity contribution in [2.75, 3.05) is 6.54 Å². The molecule has 2 heterocycles. The molecule has 0 fully saturated rings. The van der Waals surface area contributed by atoms with Gasteiger partial charge in [-0.1, -0.05) is 25.4 Å². The Balaban J connectivity index is 2.28. The Morgan fingerprint density at radius 2 is 2.20 bits per heavy atom. The molecule has 0 spiro atoms. The van der Waals surface area contributed by atoms with Crippen molar-refractivity contribution >= 4 is 22.9 Å². The van der Waals surface area contributed by atoms with Gasteiger partial charge in [-0.3, -0.25) is 9.67 Å². The van der Waals surface area contributed by atoms with Crippen LogP contribution in [0.4, 0.5) is 0 Å². The summed E-state index contributed by atoms with van der Waals surface area (Å²) in [5.74, 6) is 0. The largest absolute Gasteiger partial charge is 0.309 e. The molecule has 0 saturated carbocycles. The highest BCUT2D eigenvalue weighted by atomic mass is 35.5. The van der Waals surface area contributed by atoms with Gasteiger partial charge in [-0.25, -0.2) is 0 Å². The van der Waals surface area contributed by atoms with Crippen LogP contribution in [0.2, 0.25) is 5.02 Å². The summed E-state index contributed by atoms with van der Waals surface area (Å²) < 4.78 is 2.02. The first-order valence-electron chi connectivity index (χ1n) is 7.06. The Hall–Kier alpha value is -0.910. The summed E-state index contributed by atoms with van der Waals surface area (Å²) in [5.41, 5.74) is 3.98. The minimum Gasteiger partial charge on any atom is -0.309 e. The number of thiazole rings is 1. The second-order valence-electron chi connectivity index (χ2n) is 4.59. The Morgan fingerprint density at radius 1 is 1.40 bits per heavy atom. The van der Waals surface area contributed by atoms with Gasteiger partial charge in [0.1, 0.15) is 0 Å². The van der Waals surface area contributed by atoms with Gasteiger partial charge in [-0.05, 0) is 19.9 Å². The molecule has 0 saturated heterocycles. The van der Waals surface area contributed by atoms with E-state index in [9.17, 15) is 0 Å². The zero-order valence-electron chi connectivity index (χ0n) is 12.2. The van der Waals surface area contributed by atoms with Gasteiger partial charge in [-0.15, -0.1) is 11.3 Å². The van der Waals surface area contributed by atoms with E-state index in [-0.39, 0.29) is 6.04 Å². The van der Waals surface area contributed by atoms with E-state index in [0.717, 1.165) is 42.3 Å². The maximum Gasteiger partial charge on any atom is 0.0850 e. The third-order valence-electron chi connectivity index (χ3n) is 3.34. The van der Waals surface area contributed by atoms with Crippen molar-refractivity contribution in [2.24, 2.45) is 0 Å². The van der Waals surface area contributed by atoms with E-state index in [2.05, 4.69) is 36.2 Å². The summed E-state index contributed by atoms with van der Waals surface area (Å²) in [6.45, 7) is 8.06. The van der Waals surface area contributed by atoms with Crippen LogP contribution in [0.1, 0.15) is 43.1 Å². The lowest BCUT2D eigenvalue weighted by atomic mass is 10.1. The molecule has 0 amide bonds. The van der Waals surface area contributed by atoms with Gasteiger partial charge in [0, 0.05) is 30.1 Å².